The molecule has 1 aliphatic heterocycles. The number of ketones is 1. The first-order valence-corrected chi connectivity index (χ1v) is 6.39. The van der Waals surface area contributed by atoms with Crippen LogP contribution in [0.5, 0.6) is 0 Å². The number of Topliss-reactive ketones (excluding diaryl/α,β-unsaturated/α-hetero) is 1. The van der Waals surface area contributed by atoms with Crippen molar-refractivity contribution >= 4 is 5.78 Å². The van der Waals surface area contributed by atoms with Crippen molar-refractivity contribution in [3.8, 4) is 0 Å². The Morgan fingerprint density at radius 1 is 1.12 bits per heavy atom. The van der Waals surface area contributed by atoms with Gasteiger partial charge in [0.25, 0.3) is 0 Å². The first-order chi connectivity index (χ1) is 8.36. The summed E-state index contributed by atoms with van der Waals surface area (Å²) in [5.74, 6) is 0.732. The fourth-order valence-electron chi connectivity index (χ4n) is 2.87. The lowest BCUT2D eigenvalue weighted by atomic mass is 9.80. The average Bonchev–Trinajstić information content (AvgIpc) is 2.40. The number of allylic oxidation sites excluding steroid dienone is 2. The highest BCUT2D eigenvalue weighted by atomic mass is 16.1. The number of benzene rings is 1. The molecule has 2 heteroatoms. The lowest BCUT2D eigenvalue weighted by Crippen LogP contribution is -2.31. The summed E-state index contributed by atoms with van der Waals surface area (Å²) < 4.78 is 0. The third-order valence-corrected chi connectivity index (χ3v) is 3.85. The third kappa shape index (κ3) is 1.93. The van der Waals surface area contributed by atoms with Crippen molar-refractivity contribution in [3.63, 3.8) is 0 Å². The van der Waals surface area contributed by atoms with Gasteiger partial charge in [-0.2, -0.15) is 0 Å². The summed E-state index contributed by atoms with van der Waals surface area (Å²) in [5.41, 5.74) is 3.16. The maximum atomic E-state index is 12.4. The van der Waals surface area contributed by atoms with E-state index >= 15 is 0 Å². The van der Waals surface area contributed by atoms with Gasteiger partial charge in [-0.05, 0) is 49.4 Å². The van der Waals surface area contributed by atoms with E-state index in [1.165, 1.54) is 5.56 Å². The first-order valence-electron chi connectivity index (χ1n) is 6.39. The molecule has 88 valence electrons. The largest absolute Gasteiger partial charge is 0.317 e. The summed E-state index contributed by atoms with van der Waals surface area (Å²) in [4.78, 5) is 12.4. The molecule has 1 aromatic carbocycles. The van der Waals surface area contributed by atoms with Gasteiger partial charge < -0.3 is 5.32 Å². The molecule has 1 heterocycles. The number of nitrogens with one attached hydrogen (secondary N) is 1. The first kappa shape index (κ1) is 10.7. The Balaban J connectivity index is 1.89. The lowest BCUT2D eigenvalue weighted by molar-refractivity contribution is 0.101. The van der Waals surface area contributed by atoms with Crippen LogP contribution in [0.15, 0.2) is 35.9 Å². The minimum atomic E-state index is 0.263. The SMILES string of the molecule is O=C1C(C2CCNCC2)=CCc2ccccc21. The van der Waals surface area contributed by atoms with Crippen molar-refractivity contribution in [3.05, 3.63) is 47.0 Å². The fourth-order valence-corrected chi connectivity index (χ4v) is 2.87. The van der Waals surface area contributed by atoms with Crippen molar-refractivity contribution in [1.82, 2.24) is 5.32 Å². The second-order valence-electron chi connectivity index (χ2n) is 4.87. The Hall–Kier alpha value is -1.41. The van der Waals surface area contributed by atoms with E-state index in [9.17, 15) is 4.79 Å². The quantitative estimate of drug-likeness (QED) is 0.798. The fraction of sp³-hybridized carbons (Fsp3) is 0.400. The monoisotopic (exact) mass is 227 g/mol. The maximum absolute atomic E-state index is 12.4. The summed E-state index contributed by atoms with van der Waals surface area (Å²) in [6.45, 7) is 2.08. The van der Waals surface area contributed by atoms with Crippen LogP contribution < -0.4 is 5.32 Å². The van der Waals surface area contributed by atoms with Gasteiger partial charge in [-0.1, -0.05) is 30.3 Å². The van der Waals surface area contributed by atoms with Crippen molar-refractivity contribution in [2.24, 2.45) is 5.92 Å². The molecule has 0 radical (unpaired) electrons. The third-order valence-electron chi connectivity index (χ3n) is 3.85. The van der Waals surface area contributed by atoms with Crippen LogP contribution in [-0.2, 0) is 6.42 Å². The van der Waals surface area contributed by atoms with Crippen LogP contribution in [-0.4, -0.2) is 18.9 Å². The second kappa shape index (κ2) is 4.46. The van der Waals surface area contributed by atoms with Gasteiger partial charge in [0.05, 0.1) is 0 Å². The topological polar surface area (TPSA) is 29.1 Å². The van der Waals surface area contributed by atoms with Crippen molar-refractivity contribution in [1.29, 1.82) is 0 Å². The van der Waals surface area contributed by atoms with Gasteiger partial charge >= 0.3 is 0 Å². The molecule has 2 aliphatic rings. The minimum Gasteiger partial charge on any atom is -0.317 e. The van der Waals surface area contributed by atoms with E-state index in [2.05, 4.69) is 17.5 Å². The summed E-state index contributed by atoms with van der Waals surface area (Å²) in [6.07, 6.45) is 5.27. The molecule has 1 N–H and O–H groups in total. The molecule has 0 aromatic heterocycles. The summed E-state index contributed by atoms with van der Waals surface area (Å²) in [5, 5.41) is 3.35. The van der Waals surface area contributed by atoms with Crippen molar-refractivity contribution < 1.29 is 4.79 Å². The molecule has 17 heavy (non-hydrogen) atoms. The molecule has 0 amide bonds. The maximum Gasteiger partial charge on any atom is 0.189 e. The zero-order valence-corrected chi connectivity index (χ0v) is 9.91. The molecule has 0 atom stereocenters. The predicted octanol–water partition coefficient (Wildman–Crippen LogP) is 2.35. The number of hydrogen-bond acceptors (Lipinski definition) is 2. The highest BCUT2D eigenvalue weighted by molar-refractivity contribution is 6.11. The molecule has 1 aromatic rings. The van der Waals surface area contributed by atoms with Gasteiger partial charge in [-0.3, -0.25) is 4.79 Å². The molecule has 2 nitrogen and oxygen atoms in total. The second-order valence-corrected chi connectivity index (χ2v) is 4.87. The summed E-state index contributed by atoms with van der Waals surface area (Å²) in [6, 6.07) is 7.99. The molecule has 1 fully saturated rings. The van der Waals surface area contributed by atoms with Crippen LogP contribution in [0.3, 0.4) is 0 Å². The van der Waals surface area contributed by atoms with E-state index in [0.29, 0.717) is 5.92 Å². The number of hydrogen-bond donors (Lipinski definition) is 1. The number of carbonyl (C=O) groups excluding carboxylic acids is 1. The molecule has 0 unspecified atom stereocenters. The van der Waals surface area contributed by atoms with E-state index < -0.39 is 0 Å². The normalized spacial score (nSPS) is 20.9. The molecule has 0 saturated carbocycles. The highest BCUT2D eigenvalue weighted by Crippen LogP contribution is 2.29. The molecule has 1 aliphatic carbocycles. The van der Waals surface area contributed by atoms with Gasteiger partial charge in [-0.25, -0.2) is 0 Å². The smallest absolute Gasteiger partial charge is 0.189 e. The van der Waals surface area contributed by atoms with Crippen LogP contribution >= 0.6 is 0 Å². The van der Waals surface area contributed by atoms with E-state index in [4.69, 9.17) is 0 Å². The average molecular weight is 227 g/mol. The van der Waals surface area contributed by atoms with Gasteiger partial charge in [0.15, 0.2) is 5.78 Å². The van der Waals surface area contributed by atoms with Crippen LogP contribution in [0.25, 0.3) is 0 Å². The van der Waals surface area contributed by atoms with Crippen LogP contribution in [0, 0.1) is 5.92 Å². The molecule has 0 spiro atoms. The molecule has 1 saturated heterocycles. The molecular weight excluding hydrogens is 210 g/mol. The number of piperidine rings is 1. The Bertz CT molecular complexity index is 470. The van der Waals surface area contributed by atoms with Gasteiger partial charge in [-0.15, -0.1) is 0 Å². The van der Waals surface area contributed by atoms with Crippen molar-refractivity contribution in [2.75, 3.05) is 13.1 Å². The van der Waals surface area contributed by atoms with Crippen molar-refractivity contribution in [2.45, 2.75) is 19.3 Å². The standard InChI is InChI=1S/C15H17NO/c17-15-13-4-2-1-3-11(13)5-6-14(15)12-7-9-16-10-8-12/h1-4,6,12,16H,5,7-10H2. The Kier molecular flexibility index (Phi) is 2.81. The number of rotatable bonds is 1. The van der Waals surface area contributed by atoms with Gasteiger partial charge in [0, 0.05) is 5.56 Å². The summed E-state index contributed by atoms with van der Waals surface area (Å²) in [7, 11) is 0. The Morgan fingerprint density at radius 2 is 1.88 bits per heavy atom. The molecular formula is C15H17NO. The van der Waals surface area contributed by atoms with Crippen LogP contribution in [0.1, 0.15) is 28.8 Å². The van der Waals surface area contributed by atoms with E-state index in [1.807, 2.05) is 18.2 Å². The zero-order chi connectivity index (χ0) is 11.7. The predicted molar refractivity (Wildman–Crippen MR) is 68.2 cm³/mol. The number of fused-ring (bicyclic) bond motifs is 1. The number of carbonyl (C=O) groups is 1. The molecule has 3 rings (SSSR count). The Labute approximate surface area is 102 Å². The van der Waals surface area contributed by atoms with Crippen LogP contribution in [0.2, 0.25) is 0 Å². The zero-order valence-electron chi connectivity index (χ0n) is 9.91. The summed E-state index contributed by atoms with van der Waals surface area (Å²) >= 11 is 0. The molecule has 0 bridgehead atoms. The minimum absolute atomic E-state index is 0.263. The van der Waals surface area contributed by atoms with Crippen LogP contribution in [0.4, 0.5) is 0 Å². The van der Waals surface area contributed by atoms with E-state index in [0.717, 1.165) is 43.5 Å². The van der Waals surface area contributed by atoms with Gasteiger partial charge in [0.1, 0.15) is 0 Å². The highest BCUT2D eigenvalue weighted by Gasteiger charge is 2.27. The van der Waals surface area contributed by atoms with E-state index in [1.54, 1.807) is 0 Å². The van der Waals surface area contributed by atoms with E-state index in [-0.39, 0.29) is 5.78 Å². The lowest BCUT2D eigenvalue weighted by Gasteiger charge is -2.27. The Morgan fingerprint density at radius 3 is 2.71 bits per heavy atom. The van der Waals surface area contributed by atoms with Gasteiger partial charge in [0.2, 0.25) is 0 Å².